The van der Waals surface area contributed by atoms with Gasteiger partial charge in [0.1, 0.15) is 5.75 Å². The number of aliphatic imine (C=N–C) groups is 1. The van der Waals surface area contributed by atoms with Gasteiger partial charge in [0.25, 0.3) is 5.56 Å². The average Bonchev–Trinajstić information content (AvgIpc) is 2.86. The number of nitrogens with zero attached hydrogens (tertiary/aromatic N) is 2. The number of rotatable bonds is 7. The fourth-order valence-electron chi connectivity index (χ4n) is 3.64. The number of fused-ring (bicyclic) bond motifs is 1. The average molecular weight is 444 g/mol. The van der Waals surface area contributed by atoms with Crippen molar-refractivity contribution >= 4 is 22.7 Å². The summed E-state index contributed by atoms with van der Waals surface area (Å²) >= 11 is 0. The molecule has 0 bridgehead atoms. The van der Waals surface area contributed by atoms with Crippen LogP contribution in [0.5, 0.6) is 23.1 Å². The fourth-order valence-corrected chi connectivity index (χ4v) is 3.64. The summed E-state index contributed by atoms with van der Waals surface area (Å²) < 4.78 is 17.1. The van der Waals surface area contributed by atoms with Crippen LogP contribution in [0.3, 0.4) is 0 Å². The first-order valence-electron chi connectivity index (χ1n) is 10.3. The summed E-state index contributed by atoms with van der Waals surface area (Å²) in [6.07, 6.45) is 1.56. The van der Waals surface area contributed by atoms with Gasteiger partial charge in [0.15, 0.2) is 11.5 Å². The van der Waals surface area contributed by atoms with Crippen molar-refractivity contribution in [3.05, 3.63) is 88.2 Å². The molecule has 0 atom stereocenters. The summed E-state index contributed by atoms with van der Waals surface area (Å²) in [6, 6.07) is 19.8. The van der Waals surface area contributed by atoms with Gasteiger partial charge in [-0.2, -0.15) is 0 Å². The molecule has 1 aromatic heterocycles. The Labute approximate surface area is 191 Å². The summed E-state index contributed by atoms with van der Waals surface area (Å²) in [5.41, 5.74) is 1.64. The van der Waals surface area contributed by atoms with Crippen LogP contribution in [-0.4, -0.2) is 37.2 Å². The highest BCUT2D eigenvalue weighted by Crippen LogP contribution is 2.31. The molecule has 0 amide bonds. The maximum Gasteiger partial charge on any atom is 0.261 e. The minimum Gasteiger partial charge on any atom is -0.497 e. The standard InChI is InChI=1S/C26H24N2O5/c1-31-19-11-8-17(9-12-19)16-28-25(29)21-7-5-4-6-20(21)22(26(28)30)15-27-18-10-13-23(32-2)24(14-18)33-3/h4-15,30H,16H2,1-3H3. The molecule has 0 unspecified atom stereocenters. The molecule has 0 aliphatic rings. The lowest BCUT2D eigenvalue weighted by Gasteiger charge is -2.14. The third kappa shape index (κ3) is 4.39. The monoisotopic (exact) mass is 444 g/mol. The van der Waals surface area contributed by atoms with Gasteiger partial charge >= 0.3 is 0 Å². The lowest BCUT2D eigenvalue weighted by atomic mass is 10.1. The number of hydrogen-bond donors (Lipinski definition) is 1. The number of aromatic hydroxyl groups is 1. The van der Waals surface area contributed by atoms with Crippen molar-refractivity contribution < 1.29 is 19.3 Å². The molecule has 0 aliphatic heterocycles. The Bertz CT molecular complexity index is 1370. The summed E-state index contributed by atoms with van der Waals surface area (Å²) in [6.45, 7) is 0.205. The van der Waals surface area contributed by atoms with E-state index in [1.165, 1.54) is 4.57 Å². The Hall–Kier alpha value is -4.26. The molecule has 33 heavy (non-hydrogen) atoms. The van der Waals surface area contributed by atoms with Gasteiger partial charge in [0, 0.05) is 23.1 Å². The zero-order valence-electron chi connectivity index (χ0n) is 18.6. The number of hydrogen-bond acceptors (Lipinski definition) is 6. The summed E-state index contributed by atoms with van der Waals surface area (Å²) in [5.74, 6) is 1.71. The van der Waals surface area contributed by atoms with Crippen LogP contribution in [0.4, 0.5) is 5.69 Å². The quantitative estimate of drug-likeness (QED) is 0.424. The molecule has 7 nitrogen and oxygen atoms in total. The third-order valence-electron chi connectivity index (χ3n) is 5.40. The Kier molecular flexibility index (Phi) is 6.31. The second-order valence-corrected chi connectivity index (χ2v) is 7.32. The highest BCUT2D eigenvalue weighted by atomic mass is 16.5. The van der Waals surface area contributed by atoms with Crippen LogP contribution in [0.25, 0.3) is 10.8 Å². The maximum atomic E-state index is 13.2. The number of methoxy groups -OCH3 is 3. The molecular weight excluding hydrogens is 420 g/mol. The van der Waals surface area contributed by atoms with Crippen LogP contribution < -0.4 is 19.8 Å². The predicted molar refractivity (Wildman–Crippen MR) is 129 cm³/mol. The molecule has 0 spiro atoms. The van der Waals surface area contributed by atoms with Crippen LogP contribution >= 0.6 is 0 Å². The Morgan fingerprint density at radius 1 is 0.879 bits per heavy atom. The largest absolute Gasteiger partial charge is 0.497 e. The topological polar surface area (TPSA) is 82.3 Å². The van der Waals surface area contributed by atoms with Crippen molar-refractivity contribution in [2.24, 2.45) is 4.99 Å². The van der Waals surface area contributed by atoms with Gasteiger partial charge in [0.2, 0.25) is 5.88 Å². The summed E-state index contributed by atoms with van der Waals surface area (Å²) in [7, 11) is 4.72. The van der Waals surface area contributed by atoms with Crippen molar-refractivity contribution in [2.45, 2.75) is 6.54 Å². The van der Waals surface area contributed by atoms with Gasteiger partial charge in [-0.15, -0.1) is 0 Å². The first-order valence-corrected chi connectivity index (χ1v) is 10.3. The SMILES string of the molecule is COc1ccc(Cn2c(O)c(C=Nc3ccc(OC)c(OC)c3)c3ccccc3c2=O)cc1. The number of ether oxygens (including phenoxy) is 3. The normalized spacial score (nSPS) is 11.1. The van der Waals surface area contributed by atoms with E-state index >= 15 is 0 Å². The van der Waals surface area contributed by atoms with Crippen LogP contribution in [-0.2, 0) is 6.54 Å². The summed E-state index contributed by atoms with van der Waals surface area (Å²) in [4.78, 5) is 17.7. The predicted octanol–water partition coefficient (Wildman–Crippen LogP) is 4.53. The van der Waals surface area contributed by atoms with E-state index in [1.807, 2.05) is 30.3 Å². The molecule has 0 radical (unpaired) electrons. The van der Waals surface area contributed by atoms with Crippen LogP contribution in [0.2, 0.25) is 0 Å². The highest BCUT2D eigenvalue weighted by molar-refractivity contribution is 6.02. The molecule has 168 valence electrons. The molecular formula is C26H24N2O5. The van der Waals surface area contributed by atoms with Gasteiger partial charge in [-0.1, -0.05) is 30.3 Å². The van der Waals surface area contributed by atoms with E-state index in [-0.39, 0.29) is 18.0 Å². The zero-order valence-corrected chi connectivity index (χ0v) is 18.6. The first kappa shape index (κ1) is 22.0. The highest BCUT2D eigenvalue weighted by Gasteiger charge is 2.15. The smallest absolute Gasteiger partial charge is 0.261 e. The van der Waals surface area contributed by atoms with Crippen LogP contribution in [0, 0.1) is 0 Å². The van der Waals surface area contributed by atoms with Crippen LogP contribution in [0.1, 0.15) is 11.1 Å². The molecule has 4 aromatic rings. The van der Waals surface area contributed by atoms with Gasteiger partial charge in [-0.3, -0.25) is 14.4 Å². The van der Waals surface area contributed by atoms with Crippen molar-refractivity contribution in [3.63, 3.8) is 0 Å². The van der Waals surface area contributed by atoms with Crippen molar-refractivity contribution in [2.75, 3.05) is 21.3 Å². The number of aromatic nitrogens is 1. The third-order valence-corrected chi connectivity index (χ3v) is 5.40. The number of pyridine rings is 1. The first-order chi connectivity index (χ1) is 16.0. The molecule has 1 N–H and O–H groups in total. The van der Waals surface area contributed by atoms with E-state index in [0.717, 1.165) is 11.3 Å². The molecule has 3 aromatic carbocycles. The molecule has 7 heteroatoms. The van der Waals surface area contributed by atoms with E-state index in [9.17, 15) is 9.90 Å². The van der Waals surface area contributed by atoms with Gasteiger partial charge in [-0.05, 0) is 35.9 Å². The second kappa shape index (κ2) is 9.48. The van der Waals surface area contributed by atoms with Gasteiger partial charge in [0.05, 0.1) is 39.1 Å². The Morgan fingerprint density at radius 3 is 2.24 bits per heavy atom. The van der Waals surface area contributed by atoms with E-state index < -0.39 is 0 Å². The van der Waals surface area contributed by atoms with Crippen LogP contribution in [0.15, 0.2) is 76.5 Å². The zero-order chi connectivity index (χ0) is 23.4. The minimum atomic E-state index is -0.276. The van der Waals surface area contributed by atoms with E-state index in [2.05, 4.69) is 4.99 Å². The molecule has 0 saturated carbocycles. The van der Waals surface area contributed by atoms with Crippen molar-refractivity contribution in [1.82, 2.24) is 4.57 Å². The Balaban J connectivity index is 1.80. The lowest BCUT2D eigenvalue weighted by Crippen LogP contribution is -2.22. The van der Waals surface area contributed by atoms with Gasteiger partial charge in [-0.25, -0.2) is 0 Å². The Morgan fingerprint density at radius 2 is 1.58 bits per heavy atom. The van der Waals surface area contributed by atoms with Crippen molar-refractivity contribution in [3.8, 4) is 23.1 Å². The maximum absolute atomic E-state index is 13.2. The number of benzene rings is 3. The van der Waals surface area contributed by atoms with E-state index in [0.29, 0.717) is 33.5 Å². The van der Waals surface area contributed by atoms with Gasteiger partial charge < -0.3 is 19.3 Å². The molecule has 0 aliphatic carbocycles. The fraction of sp³-hybridized carbons (Fsp3) is 0.154. The van der Waals surface area contributed by atoms with Crippen molar-refractivity contribution in [1.29, 1.82) is 0 Å². The molecule has 0 saturated heterocycles. The van der Waals surface area contributed by atoms with E-state index in [1.54, 1.807) is 63.9 Å². The second-order valence-electron chi connectivity index (χ2n) is 7.32. The summed E-state index contributed by atoms with van der Waals surface area (Å²) in [5, 5.41) is 12.2. The lowest BCUT2D eigenvalue weighted by molar-refractivity contribution is 0.355. The minimum absolute atomic E-state index is 0.154. The molecule has 0 fully saturated rings. The van der Waals surface area contributed by atoms with E-state index in [4.69, 9.17) is 14.2 Å². The molecule has 4 rings (SSSR count). The molecule has 1 heterocycles.